The van der Waals surface area contributed by atoms with E-state index in [1.165, 1.54) is 0 Å². The molecule has 0 radical (unpaired) electrons. The van der Waals surface area contributed by atoms with Crippen LogP contribution in [-0.2, 0) is 14.3 Å². The van der Waals surface area contributed by atoms with E-state index in [0.29, 0.717) is 36.6 Å². The van der Waals surface area contributed by atoms with Gasteiger partial charge in [0.15, 0.2) is 0 Å². The summed E-state index contributed by atoms with van der Waals surface area (Å²) < 4.78 is 5.73. The first-order valence-electron chi connectivity index (χ1n) is 12.4. The summed E-state index contributed by atoms with van der Waals surface area (Å²) in [5, 5.41) is 14.5. The molecule has 8 heteroatoms. The SMILES string of the molecule is CC(=N)/C(=C(/C)NCOCCS(C)(C)C)c1ccc(NC(=O)C(C(N)=O)C(C2CC2)C2CC2)cc1. The number of carbonyl (C=O) groups excluding carboxylic acids is 2. The molecule has 35 heavy (non-hydrogen) atoms. The van der Waals surface area contributed by atoms with Crippen LogP contribution in [0.3, 0.4) is 0 Å². The fraction of sp³-hybridized carbons (Fsp3) is 0.593. The number of primary amides is 1. The van der Waals surface area contributed by atoms with Gasteiger partial charge in [0, 0.05) is 28.4 Å². The van der Waals surface area contributed by atoms with E-state index < -0.39 is 21.9 Å². The molecule has 2 aliphatic carbocycles. The zero-order valence-corrected chi connectivity index (χ0v) is 22.6. The van der Waals surface area contributed by atoms with Gasteiger partial charge in [0.2, 0.25) is 11.8 Å². The Balaban J connectivity index is 1.64. The van der Waals surface area contributed by atoms with E-state index in [-0.39, 0.29) is 11.8 Å². The molecule has 1 aromatic carbocycles. The van der Waals surface area contributed by atoms with Crippen molar-refractivity contribution in [2.24, 2.45) is 29.4 Å². The summed E-state index contributed by atoms with van der Waals surface area (Å²) in [5.74, 6) is 0.416. The summed E-state index contributed by atoms with van der Waals surface area (Å²) in [4.78, 5) is 25.3. The van der Waals surface area contributed by atoms with Gasteiger partial charge in [-0.15, -0.1) is 0 Å². The molecule has 5 N–H and O–H groups in total. The molecule has 1 unspecified atom stereocenters. The number of nitrogens with one attached hydrogen (secondary N) is 3. The maximum absolute atomic E-state index is 13.1. The van der Waals surface area contributed by atoms with Crippen LogP contribution in [0.1, 0.15) is 45.1 Å². The second-order valence-electron chi connectivity index (χ2n) is 10.8. The highest BCUT2D eigenvalue weighted by Gasteiger charge is 2.49. The second-order valence-corrected chi connectivity index (χ2v) is 15.4. The van der Waals surface area contributed by atoms with Crippen molar-refractivity contribution < 1.29 is 14.3 Å². The molecule has 0 aliphatic heterocycles. The Kier molecular flexibility index (Phi) is 9.05. The number of benzene rings is 1. The number of carbonyl (C=O) groups is 2. The Morgan fingerprint density at radius 1 is 1.09 bits per heavy atom. The number of hydrogen-bond acceptors (Lipinski definition) is 5. The first kappa shape index (κ1) is 27.3. The number of ether oxygens (including phenoxy) is 1. The predicted octanol–water partition coefficient (Wildman–Crippen LogP) is 4.19. The number of nitrogens with two attached hydrogens (primary N) is 1. The molecule has 3 rings (SSSR count). The molecule has 194 valence electrons. The van der Waals surface area contributed by atoms with Crippen LogP contribution in [0.2, 0.25) is 0 Å². The standard InChI is InChI=1S/C27H42N4O3S/c1-17(28)23(18(2)30-16-34-14-15-35(3,4)5)19-10-12-22(13-11-19)31-27(33)25(26(29)32)24(20-6-7-20)21-8-9-21/h10-13,20-21,24-25,28,30H,6-9,14-16H2,1-5H3,(H2,29,32)(H,31,33)/b23-18+,28-17?. The predicted molar refractivity (Wildman–Crippen MR) is 147 cm³/mol. The Bertz CT molecular complexity index is 948. The number of rotatable bonds is 14. The fourth-order valence-corrected chi connectivity index (χ4v) is 5.29. The van der Waals surface area contributed by atoms with Crippen LogP contribution < -0.4 is 16.4 Å². The normalized spacial score (nSPS) is 18.0. The van der Waals surface area contributed by atoms with Gasteiger partial charge < -0.3 is 26.5 Å². The van der Waals surface area contributed by atoms with E-state index >= 15 is 0 Å². The summed E-state index contributed by atoms with van der Waals surface area (Å²) in [6.45, 7) is 4.80. The third-order valence-corrected chi connectivity index (χ3v) is 8.17. The molecule has 0 spiro atoms. The number of allylic oxidation sites excluding steroid dienone is 2. The van der Waals surface area contributed by atoms with Gasteiger partial charge in [0.1, 0.15) is 12.6 Å². The molecule has 2 amide bonds. The minimum Gasteiger partial charge on any atom is -0.369 e. The first-order valence-corrected chi connectivity index (χ1v) is 15.4. The average Bonchev–Trinajstić information content (AvgIpc) is 3.66. The number of amides is 2. The molecule has 1 atom stereocenters. The molecule has 2 aliphatic rings. The molecule has 2 fully saturated rings. The fourth-order valence-electron chi connectivity index (χ4n) is 4.67. The Hall–Kier alpha value is -2.32. The molecule has 0 aromatic heterocycles. The van der Waals surface area contributed by atoms with E-state index in [1.54, 1.807) is 6.92 Å². The lowest BCUT2D eigenvalue weighted by molar-refractivity contribution is -0.133. The molecule has 0 heterocycles. The number of anilines is 1. The Morgan fingerprint density at radius 2 is 1.66 bits per heavy atom. The van der Waals surface area contributed by atoms with Crippen LogP contribution in [0.25, 0.3) is 5.57 Å². The van der Waals surface area contributed by atoms with Crippen molar-refractivity contribution in [3.05, 3.63) is 35.5 Å². The maximum atomic E-state index is 13.1. The van der Waals surface area contributed by atoms with E-state index in [2.05, 4.69) is 29.4 Å². The quantitative estimate of drug-likeness (QED) is 0.132. The average molecular weight is 503 g/mol. The number of hydrogen-bond donors (Lipinski definition) is 4. The summed E-state index contributed by atoms with van der Waals surface area (Å²) in [6, 6.07) is 7.40. The third-order valence-electron chi connectivity index (χ3n) is 6.78. The van der Waals surface area contributed by atoms with E-state index in [4.69, 9.17) is 15.9 Å². The minimum absolute atomic E-state index is 0.0719. The van der Waals surface area contributed by atoms with Gasteiger partial charge in [-0.25, -0.2) is 10.0 Å². The second kappa shape index (κ2) is 11.6. The van der Waals surface area contributed by atoms with Crippen molar-refractivity contribution >= 4 is 38.8 Å². The minimum atomic E-state index is -0.778. The topological polar surface area (TPSA) is 117 Å². The van der Waals surface area contributed by atoms with E-state index in [0.717, 1.165) is 48.3 Å². The van der Waals surface area contributed by atoms with Gasteiger partial charge in [0.05, 0.1) is 6.61 Å². The van der Waals surface area contributed by atoms with Crippen molar-refractivity contribution in [2.45, 2.75) is 39.5 Å². The highest BCUT2D eigenvalue weighted by atomic mass is 32.3. The van der Waals surface area contributed by atoms with Crippen LogP contribution in [0.15, 0.2) is 30.0 Å². The summed E-state index contributed by atoms with van der Waals surface area (Å²) >= 11 is 0. The highest BCUT2D eigenvalue weighted by molar-refractivity contribution is 8.32. The van der Waals surface area contributed by atoms with Crippen LogP contribution in [0.5, 0.6) is 0 Å². The lowest BCUT2D eigenvalue weighted by atomic mass is 9.82. The summed E-state index contributed by atoms with van der Waals surface area (Å²) in [6.07, 6.45) is 11.1. The summed E-state index contributed by atoms with van der Waals surface area (Å²) in [7, 11) is -0.583. The Labute approximate surface area is 211 Å². The van der Waals surface area contributed by atoms with Crippen molar-refractivity contribution in [1.29, 1.82) is 5.41 Å². The van der Waals surface area contributed by atoms with Gasteiger partial charge in [0.25, 0.3) is 0 Å². The third kappa shape index (κ3) is 8.10. The van der Waals surface area contributed by atoms with Crippen LogP contribution in [0, 0.1) is 29.1 Å². The van der Waals surface area contributed by atoms with Crippen LogP contribution >= 0.6 is 10.0 Å². The van der Waals surface area contributed by atoms with Gasteiger partial charge in [-0.05, 0) is 93.7 Å². The van der Waals surface area contributed by atoms with E-state index in [1.807, 2.05) is 31.2 Å². The van der Waals surface area contributed by atoms with Gasteiger partial charge >= 0.3 is 0 Å². The maximum Gasteiger partial charge on any atom is 0.237 e. The van der Waals surface area contributed by atoms with Gasteiger partial charge in [-0.2, -0.15) is 0 Å². The van der Waals surface area contributed by atoms with Gasteiger partial charge in [-0.1, -0.05) is 12.1 Å². The van der Waals surface area contributed by atoms with Crippen LogP contribution in [-0.4, -0.2) is 55.4 Å². The van der Waals surface area contributed by atoms with Crippen molar-refractivity contribution in [3.8, 4) is 0 Å². The highest BCUT2D eigenvalue weighted by Crippen LogP contribution is 2.52. The molecular formula is C27H42N4O3S. The van der Waals surface area contributed by atoms with Crippen molar-refractivity contribution in [1.82, 2.24) is 5.32 Å². The lowest BCUT2D eigenvalue weighted by Gasteiger charge is -2.24. The lowest BCUT2D eigenvalue weighted by Crippen LogP contribution is -2.41. The molecule has 0 saturated heterocycles. The van der Waals surface area contributed by atoms with Crippen molar-refractivity contribution in [3.63, 3.8) is 0 Å². The zero-order chi connectivity index (χ0) is 25.8. The van der Waals surface area contributed by atoms with Crippen LogP contribution in [0.4, 0.5) is 5.69 Å². The summed E-state index contributed by atoms with van der Waals surface area (Å²) in [5.41, 5.74) is 9.29. The van der Waals surface area contributed by atoms with Crippen molar-refractivity contribution in [2.75, 3.05) is 43.2 Å². The zero-order valence-electron chi connectivity index (χ0n) is 21.8. The van der Waals surface area contributed by atoms with Gasteiger partial charge in [-0.3, -0.25) is 9.59 Å². The smallest absolute Gasteiger partial charge is 0.237 e. The molecule has 7 nitrogen and oxygen atoms in total. The molecule has 0 bridgehead atoms. The molecule has 1 aromatic rings. The monoisotopic (exact) mass is 502 g/mol. The molecular weight excluding hydrogens is 460 g/mol. The van der Waals surface area contributed by atoms with E-state index in [9.17, 15) is 9.59 Å². The largest absolute Gasteiger partial charge is 0.369 e. The molecule has 2 saturated carbocycles. The Morgan fingerprint density at radius 3 is 2.11 bits per heavy atom. The first-order chi connectivity index (χ1) is 16.5.